The van der Waals surface area contributed by atoms with Gasteiger partial charge >= 0.3 is 5.63 Å². The molecule has 1 aliphatic heterocycles. The van der Waals surface area contributed by atoms with E-state index in [9.17, 15) is 10.1 Å². The number of benzene rings is 2. The number of nitrogens with zero attached hydrogens (tertiary/aromatic N) is 3. The van der Waals surface area contributed by atoms with E-state index in [0.717, 1.165) is 21.3 Å². The van der Waals surface area contributed by atoms with Crippen molar-refractivity contribution in [3.05, 3.63) is 105 Å². The highest BCUT2D eigenvalue weighted by atomic mass is 32.1. The van der Waals surface area contributed by atoms with Crippen molar-refractivity contribution in [2.75, 3.05) is 19.2 Å². The first-order valence-corrected chi connectivity index (χ1v) is 12.3. The van der Waals surface area contributed by atoms with Crippen LogP contribution in [0.1, 0.15) is 17.5 Å². The van der Waals surface area contributed by atoms with Gasteiger partial charge in [0.05, 0.1) is 27.0 Å². The van der Waals surface area contributed by atoms with Crippen molar-refractivity contribution in [2.45, 2.75) is 6.92 Å². The van der Waals surface area contributed by atoms with Crippen molar-refractivity contribution in [1.29, 1.82) is 5.26 Å². The van der Waals surface area contributed by atoms with Gasteiger partial charge in [0.1, 0.15) is 28.2 Å². The molecule has 3 heterocycles. The van der Waals surface area contributed by atoms with Gasteiger partial charge < -0.3 is 9.15 Å². The first-order chi connectivity index (χ1) is 18.0. The first kappa shape index (κ1) is 24.2. The van der Waals surface area contributed by atoms with E-state index in [1.165, 1.54) is 11.3 Å². The molecule has 0 amide bonds. The highest BCUT2D eigenvalue weighted by molar-refractivity contribution is 7.19. The SMILES string of the molecule is CNN(NC)c1ccc2cc(/C=C/C3=CC(=C(/C#N)c4nc5ccccc5s4)/C=C(C)O3)c(=O)oc2c1. The third kappa shape index (κ3) is 4.94. The molecule has 0 spiro atoms. The average Bonchev–Trinajstić information content (AvgIpc) is 3.32. The predicted molar refractivity (Wildman–Crippen MR) is 147 cm³/mol. The maximum Gasteiger partial charge on any atom is 0.343 e. The highest BCUT2D eigenvalue weighted by Gasteiger charge is 2.16. The van der Waals surface area contributed by atoms with Crippen molar-refractivity contribution in [1.82, 2.24) is 15.8 Å². The first-order valence-electron chi connectivity index (χ1n) is 11.5. The number of aromatic nitrogens is 1. The fourth-order valence-corrected chi connectivity index (χ4v) is 5.00. The Labute approximate surface area is 217 Å². The number of fused-ring (bicyclic) bond motifs is 2. The Balaban J connectivity index is 1.48. The number of nitrogens with one attached hydrogen (secondary N) is 2. The van der Waals surface area contributed by atoms with E-state index in [0.29, 0.717) is 38.8 Å². The standard InChI is InChI=1S/C28H23N5O3S/c1-17-12-20(23(16-29)27-32-24-6-4-5-7-26(24)37-27)14-22(35-17)11-9-19-13-18-8-10-21(33(30-2)31-3)15-25(18)36-28(19)34/h4-15,30-31H,1-3H3/b11-9+,23-20-. The number of hydrazine groups is 2. The molecule has 0 aliphatic carbocycles. The summed E-state index contributed by atoms with van der Waals surface area (Å²) >= 11 is 1.47. The molecule has 4 aromatic rings. The fourth-order valence-electron chi connectivity index (χ4n) is 4.01. The number of para-hydroxylation sites is 1. The zero-order valence-corrected chi connectivity index (χ0v) is 21.2. The van der Waals surface area contributed by atoms with E-state index in [2.05, 4.69) is 21.9 Å². The molecule has 1 aliphatic rings. The normalized spacial score (nSPS) is 14.9. The summed E-state index contributed by atoms with van der Waals surface area (Å²) in [6.45, 7) is 1.82. The molecule has 8 nitrogen and oxygen atoms in total. The molecule has 9 heteroatoms. The second kappa shape index (κ2) is 10.2. The van der Waals surface area contributed by atoms with Crippen LogP contribution >= 0.6 is 11.3 Å². The van der Waals surface area contributed by atoms with Crippen LogP contribution in [0.3, 0.4) is 0 Å². The Morgan fingerprint density at radius 1 is 1.11 bits per heavy atom. The summed E-state index contributed by atoms with van der Waals surface area (Å²) in [5.41, 5.74) is 9.19. The fraction of sp³-hybridized carbons (Fsp3) is 0.107. The number of hydrogen-bond acceptors (Lipinski definition) is 9. The summed E-state index contributed by atoms with van der Waals surface area (Å²) in [5, 5.41) is 13.1. The van der Waals surface area contributed by atoms with Crippen LogP contribution in [0.2, 0.25) is 0 Å². The average molecular weight is 510 g/mol. The smallest absolute Gasteiger partial charge is 0.343 e. The molecule has 2 aromatic carbocycles. The van der Waals surface area contributed by atoms with E-state index < -0.39 is 5.63 Å². The molecule has 2 N–H and O–H groups in total. The van der Waals surface area contributed by atoms with E-state index in [1.54, 1.807) is 49.6 Å². The minimum Gasteiger partial charge on any atom is -0.462 e. The van der Waals surface area contributed by atoms with Gasteiger partial charge in [-0.3, -0.25) is 0 Å². The van der Waals surface area contributed by atoms with Gasteiger partial charge in [-0.1, -0.05) is 12.1 Å². The maximum absolute atomic E-state index is 12.7. The van der Waals surface area contributed by atoms with Gasteiger partial charge in [0.2, 0.25) is 0 Å². The van der Waals surface area contributed by atoms with Crippen molar-refractivity contribution in [3.8, 4) is 6.07 Å². The molecule has 0 unspecified atom stereocenters. The van der Waals surface area contributed by atoms with Crippen LogP contribution in [0.4, 0.5) is 5.69 Å². The van der Waals surface area contributed by atoms with Crippen LogP contribution < -0.4 is 21.6 Å². The minimum atomic E-state index is -0.465. The number of hydrogen-bond donors (Lipinski definition) is 2. The third-order valence-electron chi connectivity index (χ3n) is 5.72. The van der Waals surface area contributed by atoms with Crippen LogP contribution in [0, 0.1) is 11.3 Å². The van der Waals surface area contributed by atoms with Gasteiger partial charge in [-0.15, -0.1) is 11.3 Å². The maximum atomic E-state index is 12.7. The largest absolute Gasteiger partial charge is 0.462 e. The molecule has 0 radical (unpaired) electrons. The van der Waals surface area contributed by atoms with Gasteiger partial charge in [-0.25, -0.2) is 25.7 Å². The number of rotatable bonds is 6. The Morgan fingerprint density at radius 2 is 1.92 bits per heavy atom. The van der Waals surface area contributed by atoms with Crippen LogP contribution in [-0.4, -0.2) is 19.1 Å². The highest BCUT2D eigenvalue weighted by Crippen LogP contribution is 2.32. The molecule has 0 saturated heterocycles. The molecule has 0 saturated carbocycles. The summed E-state index contributed by atoms with van der Waals surface area (Å²) in [6, 6.07) is 17.4. The zero-order chi connectivity index (χ0) is 25.9. The second-order valence-corrected chi connectivity index (χ2v) is 9.19. The van der Waals surface area contributed by atoms with Crippen molar-refractivity contribution in [3.63, 3.8) is 0 Å². The summed E-state index contributed by atoms with van der Waals surface area (Å²) in [7, 11) is 3.56. The van der Waals surface area contributed by atoms with E-state index >= 15 is 0 Å². The Hall–Kier alpha value is -4.49. The third-order valence-corrected chi connectivity index (χ3v) is 6.78. The zero-order valence-electron chi connectivity index (χ0n) is 20.4. The molecule has 0 atom stereocenters. The van der Waals surface area contributed by atoms with Gasteiger partial charge in [-0.2, -0.15) is 5.26 Å². The lowest BCUT2D eigenvalue weighted by molar-refractivity contribution is 0.318. The molecule has 184 valence electrons. The van der Waals surface area contributed by atoms with Crippen LogP contribution in [-0.2, 0) is 4.74 Å². The van der Waals surface area contributed by atoms with Crippen molar-refractivity contribution < 1.29 is 9.15 Å². The van der Waals surface area contributed by atoms with Gasteiger partial charge in [0.15, 0.2) is 0 Å². The van der Waals surface area contributed by atoms with Crippen LogP contribution in [0.25, 0.3) is 32.8 Å². The lowest BCUT2D eigenvalue weighted by atomic mass is 10.1. The van der Waals surface area contributed by atoms with E-state index in [4.69, 9.17) is 9.15 Å². The van der Waals surface area contributed by atoms with Gasteiger partial charge in [-0.05, 0) is 61.6 Å². The molecule has 0 fully saturated rings. The summed E-state index contributed by atoms with van der Waals surface area (Å²) in [6.07, 6.45) is 6.93. The van der Waals surface area contributed by atoms with Gasteiger partial charge in [0.25, 0.3) is 0 Å². The quantitative estimate of drug-likeness (QED) is 0.205. The number of ether oxygens (including phenoxy) is 1. The Kier molecular flexibility index (Phi) is 6.70. The number of anilines is 1. The Morgan fingerprint density at radius 3 is 2.68 bits per heavy atom. The topological polar surface area (TPSA) is 103 Å². The predicted octanol–water partition coefficient (Wildman–Crippen LogP) is 5.29. The van der Waals surface area contributed by atoms with Crippen LogP contribution in [0.5, 0.6) is 0 Å². The molecular weight excluding hydrogens is 486 g/mol. The Bertz CT molecular complexity index is 1700. The lowest BCUT2D eigenvalue weighted by Gasteiger charge is -2.21. The lowest BCUT2D eigenvalue weighted by Crippen LogP contribution is -2.44. The molecular formula is C28H23N5O3S. The van der Waals surface area contributed by atoms with E-state index in [1.807, 2.05) is 49.4 Å². The van der Waals surface area contributed by atoms with Gasteiger partial charge in [0, 0.05) is 31.1 Å². The van der Waals surface area contributed by atoms with Crippen LogP contribution in [0.15, 0.2) is 93.1 Å². The van der Waals surface area contributed by atoms with Crippen molar-refractivity contribution >= 4 is 49.9 Å². The summed E-state index contributed by atoms with van der Waals surface area (Å²) in [5.74, 6) is 1.13. The van der Waals surface area contributed by atoms with E-state index in [-0.39, 0.29) is 0 Å². The molecule has 0 bridgehead atoms. The minimum absolute atomic E-state index is 0.383. The monoisotopic (exact) mass is 509 g/mol. The second-order valence-electron chi connectivity index (χ2n) is 8.16. The number of allylic oxidation sites excluding steroid dienone is 6. The van der Waals surface area contributed by atoms with Crippen molar-refractivity contribution in [2.24, 2.45) is 0 Å². The molecule has 37 heavy (non-hydrogen) atoms. The number of nitriles is 1. The molecule has 5 rings (SSSR count). The number of thiazole rings is 1. The summed E-state index contributed by atoms with van der Waals surface area (Å²) in [4.78, 5) is 17.3. The molecule has 2 aromatic heterocycles. The summed E-state index contributed by atoms with van der Waals surface area (Å²) < 4.78 is 12.4.